The van der Waals surface area contributed by atoms with Crippen molar-refractivity contribution in [2.75, 3.05) is 19.0 Å². The Hall–Kier alpha value is -2.12. The molecule has 0 aromatic heterocycles. The number of hydrogen-bond donors (Lipinski definition) is 2. The number of amides is 3. The molecule has 1 aromatic rings. The van der Waals surface area contributed by atoms with Crippen LogP contribution in [-0.4, -0.2) is 36.4 Å². The molecule has 0 aliphatic heterocycles. The number of halogens is 1. The number of nitrogens with one attached hydrogen (secondary N) is 1. The fraction of sp³-hybridized carbons (Fsp3) is 0.500. The van der Waals surface area contributed by atoms with Crippen LogP contribution in [0.4, 0.5) is 5.69 Å². The number of carbonyl (C=O) groups is 3. The highest BCUT2D eigenvalue weighted by atomic mass is 35.5. The summed E-state index contributed by atoms with van der Waals surface area (Å²) in [5.41, 5.74) is 5.61. The van der Waals surface area contributed by atoms with Gasteiger partial charge in [-0.1, -0.05) is 31.4 Å². The van der Waals surface area contributed by atoms with Gasteiger partial charge in [-0.25, -0.2) is 5.06 Å². The van der Waals surface area contributed by atoms with Crippen LogP contribution in [0.2, 0.25) is 5.02 Å². The first-order valence-electron chi connectivity index (χ1n) is 8.58. The van der Waals surface area contributed by atoms with E-state index in [-0.39, 0.29) is 10.6 Å². The lowest BCUT2D eigenvalue weighted by Gasteiger charge is -2.30. The molecule has 2 atom stereocenters. The minimum Gasteiger partial charge on any atom is -0.366 e. The summed E-state index contributed by atoms with van der Waals surface area (Å²) in [6.07, 6.45) is 4.34. The van der Waals surface area contributed by atoms with Gasteiger partial charge in [-0.15, -0.1) is 0 Å². The standard InChI is InChI=1S/C18H24ClN3O4/c1-11-4-3-5-12(8-11)10-22(26-2)18(25)17(24)21-13-6-7-14(16(20)23)15(19)9-13/h6-7,9,11-12H,3-5,8,10H2,1-2H3,(H2,20,23)(H,21,24). The number of nitrogens with zero attached hydrogens (tertiary/aromatic N) is 1. The maximum Gasteiger partial charge on any atom is 0.335 e. The maximum atomic E-state index is 12.4. The zero-order chi connectivity index (χ0) is 19.3. The van der Waals surface area contributed by atoms with Crippen LogP contribution in [0.15, 0.2) is 18.2 Å². The van der Waals surface area contributed by atoms with Gasteiger partial charge >= 0.3 is 11.8 Å². The van der Waals surface area contributed by atoms with Gasteiger partial charge in [-0.2, -0.15) is 0 Å². The van der Waals surface area contributed by atoms with Crippen LogP contribution in [-0.2, 0) is 14.4 Å². The average Bonchev–Trinajstić information content (AvgIpc) is 2.58. The molecule has 2 rings (SSSR count). The van der Waals surface area contributed by atoms with Gasteiger partial charge in [0.2, 0.25) is 5.91 Å². The molecule has 2 unspecified atom stereocenters. The summed E-state index contributed by atoms with van der Waals surface area (Å²) in [5.74, 6) is -1.35. The van der Waals surface area contributed by atoms with Crippen molar-refractivity contribution in [2.24, 2.45) is 17.6 Å². The lowest BCUT2D eigenvalue weighted by Crippen LogP contribution is -2.42. The van der Waals surface area contributed by atoms with Crippen molar-refractivity contribution in [3.8, 4) is 0 Å². The van der Waals surface area contributed by atoms with Crippen molar-refractivity contribution in [3.05, 3.63) is 28.8 Å². The predicted molar refractivity (Wildman–Crippen MR) is 98.4 cm³/mol. The van der Waals surface area contributed by atoms with Crippen molar-refractivity contribution >= 4 is 35.0 Å². The lowest BCUT2D eigenvalue weighted by atomic mass is 9.82. The van der Waals surface area contributed by atoms with Crippen LogP contribution in [0.5, 0.6) is 0 Å². The Morgan fingerprint density at radius 2 is 2.08 bits per heavy atom. The summed E-state index contributed by atoms with van der Waals surface area (Å²) in [4.78, 5) is 40.9. The van der Waals surface area contributed by atoms with E-state index in [1.165, 1.54) is 31.7 Å². The van der Waals surface area contributed by atoms with E-state index in [9.17, 15) is 14.4 Å². The molecule has 0 bridgehead atoms. The molecular formula is C18H24ClN3O4. The van der Waals surface area contributed by atoms with Crippen LogP contribution >= 0.6 is 11.6 Å². The highest BCUT2D eigenvalue weighted by molar-refractivity contribution is 6.39. The summed E-state index contributed by atoms with van der Waals surface area (Å²) in [6.45, 7) is 2.58. The van der Waals surface area contributed by atoms with Gasteiger partial charge in [0.1, 0.15) is 0 Å². The van der Waals surface area contributed by atoms with Gasteiger partial charge < -0.3 is 11.1 Å². The van der Waals surface area contributed by atoms with Crippen molar-refractivity contribution in [3.63, 3.8) is 0 Å². The largest absolute Gasteiger partial charge is 0.366 e. The molecule has 7 nitrogen and oxygen atoms in total. The number of carbonyl (C=O) groups excluding carboxylic acids is 3. The van der Waals surface area contributed by atoms with E-state index in [1.54, 1.807) is 0 Å². The Kier molecular flexibility index (Phi) is 6.99. The van der Waals surface area contributed by atoms with Gasteiger partial charge in [0.25, 0.3) is 0 Å². The Morgan fingerprint density at radius 1 is 1.35 bits per heavy atom. The van der Waals surface area contributed by atoms with E-state index in [2.05, 4.69) is 12.2 Å². The number of benzene rings is 1. The van der Waals surface area contributed by atoms with E-state index in [4.69, 9.17) is 22.2 Å². The van der Waals surface area contributed by atoms with E-state index in [0.717, 1.165) is 24.3 Å². The summed E-state index contributed by atoms with van der Waals surface area (Å²) in [5, 5.41) is 3.66. The van der Waals surface area contributed by atoms with Gasteiger partial charge in [-0.05, 0) is 42.9 Å². The van der Waals surface area contributed by atoms with Crippen LogP contribution < -0.4 is 11.1 Å². The molecule has 8 heteroatoms. The summed E-state index contributed by atoms with van der Waals surface area (Å²) >= 11 is 5.95. The molecule has 3 amide bonds. The fourth-order valence-corrected chi connectivity index (χ4v) is 3.56. The molecule has 0 heterocycles. The van der Waals surface area contributed by atoms with E-state index in [0.29, 0.717) is 24.1 Å². The predicted octanol–water partition coefficient (Wildman–Crippen LogP) is 2.59. The Bertz CT molecular complexity index is 695. The molecule has 26 heavy (non-hydrogen) atoms. The Balaban J connectivity index is 1.99. The maximum absolute atomic E-state index is 12.4. The Morgan fingerprint density at radius 3 is 2.65 bits per heavy atom. The lowest BCUT2D eigenvalue weighted by molar-refractivity contribution is -0.181. The normalized spacial score (nSPS) is 19.7. The van der Waals surface area contributed by atoms with Crippen molar-refractivity contribution in [1.82, 2.24) is 5.06 Å². The van der Waals surface area contributed by atoms with E-state index >= 15 is 0 Å². The smallest absolute Gasteiger partial charge is 0.335 e. The van der Waals surface area contributed by atoms with Crippen LogP contribution in [0.25, 0.3) is 0 Å². The third-order valence-electron chi connectivity index (χ3n) is 4.60. The van der Waals surface area contributed by atoms with Crippen LogP contribution in [0, 0.1) is 11.8 Å². The molecule has 1 aromatic carbocycles. The number of rotatable bonds is 5. The van der Waals surface area contributed by atoms with Gasteiger partial charge in [-0.3, -0.25) is 19.2 Å². The van der Waals surface area contributed by atoms with Gasteiger partial charge in [0, 0.05) is 5.69 Å². The zero-order valence-electron chi connectivity index (χ0n) is 15.0. The second kappa shape index (κ2) is 9.00. The topological polar surface area (TPSA) is 102 Å². The molecule has 142 valence electrons. The van der Waals surface area contributed by atoms with E-state index in [1.807, 2.05) is 0 Å². The molecule has 1 aliphatic carbocycles. The van der Waals surface area contributed by atoms with Gasteiger partial charge in [0.05, 0.1) is 24.2 Å². The molecule has 0 radical (unpaired) electrons. The first kappa shape index (κ1) is 20.2. The van der Waals surface area contributed by atoms with Gasteiger partial charge in [0.15, 0.2) is 0 Å². The number of nitrogens with two attached hydrogens (primary N) is 1. The number of hydrogen-bond acceptors (Lipinski definition) is 4. The molecule has 3 N–H and O–H groups in total. The molecule has 1 saturated carbocycles. The second-order valence-electron chi connectivity index (χ2n) is 6.70. The quantitative estimate of drug-likeness (QED) is 0.604. The first-order valence-corrected chi connectivity index (χ1v) is 8.96. The van der Waals surface area contributed by atoms with Crippen LogP contribution in [0.3, 0.4) is 0 Å². The number of primary amides is 1. The summed E-state index contributed by atoms with van der Waals surface area (Å²) in [7, 11) is 1.37. The molecule has 0 saturated heterocycles. The highest BCUT2D eigenvalue weighted by Crippen LogP contribution is 2.29. The van der Waals surface area contributed by atoms with Crippen molar-refractivity contribution in [1.29, 1.82) is 0 Å². The molecule has 1 aliphatic rings. The Labute approximate surface area is 157 Å². The first-order chi connectivity index (χ1) is 12.3. The number of hydroxylamine groups is 2. The fourth-order valence-electron chi connectivity index (χ4n) is 3.29. The number of anilines is 1. The van der Waals surface area contributed by atoms with Crippen molar-refractivity contribution < 1.29 is 19.2 Å². The molecular weight excluding hydrogens is 358 g/mol. The average molecular weight is 382 g/mol. The highest BCUT2D eigenvalue weighted by Gasteiger charge is 2.27. The van der Waals surface area contributed by atoms with Crippen LogP contribution in [0.1, 0.15) is 43.0 Å². The summed E-state index contributed by atoms with van der Waals surface area (Å²) in [6, 6.07) is 4.21. The third-order valence-corrected chi connectivity index (χ3v) is 4.92. The monoisotopic (exact) mass is 381 g/mol. The van der Waals surface area contributed by atoms with Crippen molar-refractivity contribution in [2.45, 2.75) is 32.6 Å². The SMILES string of the molecule is CON(CC1CCCC(C)C1)C(=O)C(=O)Nc1ccc(C(N)=O)c(Cl)c1. The minimum absolute atomic E-state index is 0.0996. The second-order valence-corrected chi connectivity index (χ2v) is 7.11. The zero-order valence-corrected chi connectivity index (χ0v) is 15.7. The minimum atomic E-state index is -0.835. The molecule has 1 fully saturated rings. The third kappa shape index (κ3) is 5.19. The summed E-state index contributed by atoms with van der Waals surface area (Å²) < 4.78 is 0. The van der Waals surface area contributed by atoms with E-state index < -0.39 is 17.7 Å². The molecule has 0 spiro atoms.